The van der Waals surface area contributed by atoms with Crippen LogP contribution >= 0.6 is 0 Å². The lowest BCUT2D eigenvalue weighted by Gasteiger charge is -2.29. The molecule has 0 aliphatic carbocycles. The van der Waals surface area contributed by atoms with Gasteiger partial charge in [-0.25, -0.2) is 0 Å². The number of hydrogen-bond acceptors (Lipinski definition) is 27. The highest BCUT2D eigenvalue weighted by molar-refractivity contribution is 5.97. The van der Waals surface area contributed by atoms with Crippen LogP contribution in [-0.4, -0.2) is 61.7 Å². The normalized spacial score (nSPS) is 10.7. The maximum absolute atomic E-state index is 11.9. The minimum Gasteiger partial charge on any atom is -0.442 e. The molecule has 36 nitrogen and oxygen atoms in total. The van der Waals surface area contributed by atoms with Crippen molar-refractivity contribution in [3.63, 3.8) is 0 Å². The van der Waals surface area contributed by atoms with Gasteiger partial charge in [0.25, 0.3) is 34.3 Å². The van der Waals surface area contributed by atoms with Gasteiger partial charge in [-0.2, -0.15) is 0 Å². The van der Waals surface area contributed by atoms with Crippen molar-refractivity contribution < 1.29 is 72.9 Å². The van der Waals surface area contributed by atoms with Gasteiger partial charge < -0.3 is 28.9 Å². The van der Waals surface area contributed by atoms with E-state index in [1.165, 1.54) is 39.0 Å². The average molecular weight is 1600 g/mol. The van der Waals surface area contributed by atoms with Crippen LogP contribution in [0.5, 0.6) is 34.5 Å². The molecule has 36 heteroatoms. The molecule has 0 aliphatic heterocycles. The number of para-hydroxylation sites is 7. The van der Waals surface area contributed by atoms with Gasteiger partial charge in [0.15, 0.2) is 34.6 Å². The van der Waals surface area contributed by atoms with Gasteiger partial charge in [0.1, 0.15) is 0 Å². The summed E-state index contributed by atoms with van der Waals surface area (Å²) in [6.07, 6.45) is 0. The molecule has 0 bridgehead atoms. The smallest absolute Gasteiger partial charge is 0.325 e. The zero-order chi connectivity index (χ0) is 85.6. The van der Waals surface area contributed by atoms with Crippen LogP contribution < -0.4 is 28.9 Å². The van der Waals surface area contributed by atoms with Crippen molar-refractivity contribution in [3.8, 4) is 34.5 Å². The minimum absolute atomic E-state index is 0.00653. The Kier molecular flexibility index (Phi) is 25.5. The summed E-state index contributed by atoms with van der Waals surface area (Å²) in [7, 11) is 0. The molecular weight excluding hydrogens is 1540 g/mol. The van der Waals surface area contributed by atoms with E-state index in [4.69, 9.17) is 14.2 Å². The summed E-state index contributed by atoms with van der Waals surface area (Å²) in [6.45, 7) is 10.3. The van der Waals surface area contributed by atoms with Crippen molar-refractivity contribution in [2.45, 2.75) is 47.0 Å². The Labute approximate surface area is 666 Å². The third-order valence-electron chi connectivity index (χ3n) is 17.5. The van der Waals surface area contributed by atoms with Crippen LogP contribution in [0.2, 0.25) is 0 Å². The number of ether oxygens (including phenoxy) is 3. The third-order valence-corrected chi connectivity index (χ3v) is 17.5. The standard InChI is InChI=1S/C28H20N4O9.C28H24N4O7.C26H18N4O8/c1-17(33)19-7-11-21(12-8-19)29(22-13-9-20(10-14-22)18(2)34)24-5-3-4-6-27(24)41-28-25(31(37)38)15-23(30(35)36)16-26(28)32(39)40;1-28(2,3)19-14-15-26(39-27-24(31(35)36)17-22(30(33)34)18-25(27)32(37)38)23(16-19)29(20-10-6-4-7-11-20)21-12-8-5-9-13-21;1-17(31)18-11-13-20(14-12-18)27(19-7-3-2-4-8-19)22-9-5-6-10-25(22)38-26-23(29(34)35)15-21(28(32)33)16-24(26)30(36)37/h3-16H,1-2H3;4-18H,1-3H3;2-16H,1H3. The summed E-state index contributed by atoms with van der Waals surface area (Å²) >= 11 is 0. The molecule has 0 unspecified atom stereocenters. The fourth-order valence-corrected chi connectivity index (χ4v) is 11.8. The summed E-state index contributed by atoms with van der Waals surface area (Å²) < 4.78 is 17.6. The Morgan fingerprint density at radius 3 is 0.712 bits per heavy atom. The molecule has 0 radical (unpaired) electrons. The van der Waals surface area contributed by atoms with Crippen molar-refractivity contribution in [1.82, 2.24) is 0 Å². The summed E-state index contributed by atoms with van der Waals surface area (Å²) in [5.41, 5.74) is -1.16. The van der Waals surface area contributed by atoms with Crippen LogP contribution in [0.3, 0.4) is 0 Å². The van der Waals surface area contributed by atoms with Crippen LogP contribution in [0.15, 0.2) is 267 Å². The molecule has 594 valence electrons. The van der Waals surface area contributed by atoms with E-state index in [0.717, 1.165) is 16.9 Å². The number of Topliss-reactive ketones (excluding diaryl/α,β-unsaturated/α-hetero) is 3. The Bertz CT molecular complexity index is 5760. The summed E-state index contributed by atoms with van der Waals surface area (Å²) in [5, 5.41) is 105. The van der Waals surface area contributed by atoms with Gasteiger partial charge in [0, 0.05) is 50.8 Å². The second kappa shape index (κ2) is 36.0. The van der Waals surface area contributed by atoms with E-state index < -0.39 is 113 Å². The first-order valence-electron chi connectivity index (χ1n) is 34.7. The van der Waals surface area contributed by atoms with Gasteiger partial charge in [-0.1, -0.05) is 106 Å². The first kappa shape index (κ1) is 83.5. The SMILES string of the molecule is CC(=O)c1ccc(N(c2ccc(C(C)=O)cc2)c2ccccc2Oc2c([N+](=O)[O-])cc([N+](=O)[O-])cc2[N+](=O)[O-])cc1.CC(=O)c1ccc(N(c2ccccc2)c2ccccc2Oc2c([N+](=O)[O-])cc([N+](=O)[O-])cc2[N+](=O)[O-])cc1.CC(C)(C)c1ccc(Oc2c([N+](=O)[O-])cc([N+](=O)[O-])cc2[N+](=O)[O-])c(N(c2ccccc2)c2ccccc2)c1. The molecule has 0 atom stereocenters. The second-order valence-electron chi connectivity index (χ2n) is 26.2. The van der Waals surface area contributed by atoms with Crippen LogP contribution in [0, 0.1) is 91.0 Å². The molecule has 0 aliphatic rings. The number of ketones is 3. The first-order valence-corrected chi connectivity index (χ1v) is 34.7. The lowest BCUT2D eigenvalue weighted by molar-refractivity contribution is -0.404. The van der Waals surface area contributed by atoms with Crippen LogP contribution in [0.25, 0.3) is 0 Å². The van der Waals surface area contributed by atoms with Crippen molar-refractivity contribution in [3.05, 3.63) is 380 Å². The fraction of sp³-hybridized carbons (Fsp3) is 0.0854. The zero-order valence-electron chi connectivity index (χ0n) is 62.6. The maximum atomic E-state index is 11.9. The molecule has 118 heavy (non-hydrogen) atoms. The van der Waals surface area contributed by atoms with E-state index in [0.29, 0.717) is 87.2 Å². The minimum atomic E-state index is -1.00. The number of carbonyl (C=O) groups is 3. The highest BCUT2D eigenvalue weighted by Crippen LogP contribution is 2.52. The number of nitro benzene ring substituents is 9. The summed E-state index contributed by atoms with van der Waals surface area (Å²) in [4.78, 5) is 137. The van der Waals surface area contributed by atoms with E-state index >= 15 is 0 Å². The number of benzene rings is 12. The molecule has 0 saturated carbocycles. The van der Waals surface area contributed by atoms with Crippen LogP contribution in [-0.2, 0) is 5.41 Å². The number of hydrogen-bond donors (Lipinski definition) is 0. The monoisotopic (exact) mass is 1600 g/mol. The highest BCUT2D eigenvalue weighted by Gasteiger charge is 2.38. The van der Waals surface area contributed by atoms with E-state index in [1.807, 2.05) is 98.5 Å². The molecular formula is C82H62N12O24. The molecule has 0 aromatic heterocycles. The second-order valence-corrected chi connectivity index (χ2v) is 26.2. The number of nitrogens with zero attached hydrogens (tertiary/aromatic N) is 12. The van der Waals surface area contributed by atoms with Crippen molar-refractivity contribution in [1.29, 1.82) is 0 Å². The van der Waals surface area contributed by atoms with E-state index in [-0.39, 0.29) is 45.7 Å². The molecule has 0 spiro atoms. The Morgan fingerprint density at radius 1 is 0.263 bits per heavy atom. The van der Waals surface area contributed by atoms with Crippen molar-refractivity contribution in [2.24, 2.45) is 0 Å². The summed E-state index contributed by atoms with van der Waals surface area (Å²) in [6, 6.07) is 68.8. The maximum Gasteiger partial charge on any atom is 0.325 e. The number of nitro groups is 9. The van der Waals surface area contributed by atoms with Crippen molar-refractivity contribution in [2.75, 3.05) is 14.7 Å². The third kappa shape index (κ3) is 19.3. The lowest BCUT2D eigenvalue weighted by atomic mass is 9.86. The number of non-ortho nitro benzene ring substituents is 3. The predicted molar refractivity (Wildman–Crippen MR) is 432 cm³/mol. The van der Waals surface area contributed by atoms with E-state index in [2.05, 4.69) is 0 Å². The molecule has 0 fully saturated rings. The number of carbonyl (C=O) groups excluding carboxylic acids is 3. The largest absolute Gasteiger partial charge is 0.442 e. The Morgan fingerprint density at radius 2 is 0.483 bits per heavy atom. The number of rotatable bonds is 27. The van der Waals surface area contributed by atoms with Gasteiger partial charge in [-0.3, -0.25) is 105 Å². The molecule has 0 saturated heterocycles. The molecule has 12 aromatic rings. The molecule has 0 heterocycles. The van der Waals surface area contributed by atoms with E-state index in [1.54, 1.807) is 149 Å². The van der Waals surface area contributed by atoms with Gasteiger partial charge >= 0.3 is 34.1 Å². The first-order chi connectivity index (χ1) is 56.1. The van der Waals surface area contributed by atoms with Gasteiger partial charge in [0.05, 0.1) is 97.8 Å². The number of anilines is 9. The highest BCUT2D eigenvalue weighted by atomic mass is 16.7. The summed E-state index contributed by atoms with van der Waals surface area (Å²) in [5.74, 6) is -2.66. The molecule has 0 amide bonds. The van der Waals surface area contributed by atoms with Gasteiger partial charge in [-0.15, -0.1) is 0 Å². The molecule has 12 aromatic carbocycles. The predicted octanol–water partition coefficient (Wildman–Crippen LogP) is 21.9. The Balaban J connectivity index is 0.000000187. The van der Waals surface area contributed by atoms with Crippen molar-refractivity contribution >= 4 is 120 Å². The molecule has 12 rings (SSSR count). The van der Waals surface area contributed by atoms with E-state index in [9.17, 15) is 105 Å². The van der Waals surface area contributed by atoms with Gasteiger partial charge in [-0.05, 0) is 177 Å². The quantitative estimate of drug-likeness (QED) is 0.0262. The van der Waals surface area contributed by atoms with Crippen LogP contribution in [0.4, 0.5) is 102 Å². The zero-order valence-corrected chi connectivity index (χ0v) is 62.6. The molecule has 0 N–H and O–H groups in total. The van der Waals surface area contributed by atoms with Gasteiger partial charge in [0.2, 0.25) is 0 Å². The topological polar surface area (TPSA) is 477 Å². The fourth-order valence-electron chi connectivity index (χ4n) is 11.8. The Hall–Kier alpha value is -16.9. The lowest BCUT2D eigenvalue weighted by Crippen LogP contribution is -2.15. The average Bonchev–Trinajstić information content (AvgIpc) is 0.780. The van der Waals surface area contributed by atoms with Crippen LogP contribution in [0.1, 0.15) is 78.2 Å².